The molecule has 0 aliphatic carbocycles. The van der Waals surface area contributed by atoms with E-state index in [1.54, 1.807) is 30.3 Å². The summed E-state index contributed by atoms with van der Waals surface area (Å²) in [7, 11) is 0. The van der Waals surface area contributed by atoms with Crippen molar-refractivity contribution in [3.05, 3.63) is 41.7 Å². The molecule has 0 N–H and O–H groups in total. The number of tetrazole rings is 1. The van der Waals surface area contributed by atoms with E-state index < -0.39 is 17.9 Å². The van der Waals surface area contributed by atoms with Crippen molar-refractivity contribution in [3.8, 4) is 0 Å². The number of alkyl halides is 5. The van der Waals surface area contributed by atoms with Crippen LogP contribution in [0.3, 0.4) is 0 Å². The van der Waals surface area contributed by atoms with Crippen LogP contribution in [0.1, 0.15) is 11.4 Å². The minimum absolute atomic E-state index is 0.269. The maximum absolute atomic E-state index is 13.2. The van der Waals surface area contributed by atoms with Gasteiger partial charge in [-0.2, -0.15) is 22.0 Å². The molecule has 0 unspecified atom stereocenters. The van der Waals surface area contributed by atoms with Gasteiger partial charge in [-0.15, -0.1) is 5.10 Å². The minimum Gasteiger partial charge on any atom is -0.219 e. The molecule has 0 bridgehead atoms. The van der Waals surface area contributed by atoms with Crippen LogP contribution in [0.5, 0.6) is 0 Å². The molecule has 9 heteroatoms. The highest BCUT2D eigenvalue weighted by atomic mass is 19.4. The highest BCUT2D eigenvalue weighted by Gasteiger charge is 2.62. The summed E-state index contributed by atoms with van der Waals surface area (Å²) in [5, 5.41) is 8.83. The lowest BCUT2D eigenvalue weighted by Gasteiger charge is -2.18. The molecular formula is C10H7F5N4. The molecule has 102 valence electrons. The Morgan fingerprint density at radius 2 is 1.63 bits per heavy atom. The first kappa shape index (κ1) is 13.4. The van der Waals surface area contributed by atoms with E-state index in [1.807, 2.05) is 0 Å². The number of benzene rings is 1. The molecule has 0 radical (unpaired) electrons. The van der Waals surface area contributed by atoms with Gasteiger partial charge in [-0.3, -0.25) is 0 Å². The van der Waals surface area contributed by atoms with Gasteiger partial charge in [-0.1, -0.05) is 30.3 Å². The average molecular weight is 278 g/mol. The van der Waals surface area contributed by atoms with Gasteiger partial charge in [0.15, 0.2) is 0 Å². The number of halogens is 5. The summed E-state index contributed by atoms with van der Waals surface area (Å²) < 4.78 is 63.5. The summed E-state index contributed by atoms with van der Waals surface area (Å²) in [6, 6.07) is 8.07. The Morgan fingerprint density at radius 1 is 1.00 bits per heavy atom. The van der Waals surface area contributed by atoms with E-state index in [9.17, 15) is 22.0 Å². The van der Waals surface area contributed by atoms with Crippen molar-refractivity contribution in [2.75, 3.05) is 0 Å². The zero-order valence-corrected chi connectivity index (χ0v) is 9.27. The minimum atomic E-state index is -5.74. The summed E-state index contributed by atoms with van der Waals surface area (Å²) >= 11 is 0. The van der Waals surface area contributed by atoms with Crippen molar-refractivity contribution in [3.63, 3.8) is 0 Å². The molecule has 2 rings (SSSR count). The van der Waals surface area contributed by atoms with E-state index >= 15 is 0 Å². The van der Waals surface area contributed by atoms with Crippen molar-refractivity contribution in [2.45, 2.75) is 18.6 Å². The third kappa shape index (κ3) is 2.54. The van der Waals surface area contributed by atoms with Crippen LogP contribution >= 0.6 is 0 Å². The summed E-state index contributed by atoms with van der Waals surface area (Å²) in [6.07, 6.45) is -5.74. The molecule has 4 nitrogen and oxygen atoms in total. The molecule has 0 spiro atoms. The topological polar surface area (TPSA) is 43.6 Å². The van der Waals surface area contributed by atoms with Crippen LogP contribution in [0, 0.1) is 0 Å². The van der Waals surface area contributed by atoms with Gasteiger partial charge in [-0.25, -0.2) is 4.68 Å². The quantitative estimate of drug-likeness (QED) is 0.810. The van der Waals surface area contributed by atoms with Crippen molar-refractivity contribution >= 4 is 0 Å². The first-order chi connectivity index (χ1) is 8.82. The fourth-order valence-corrected chi connectivity index (χ4v) is 1.42. The van der Waals surface area contributed by atoms with Gasteiger partial charge in [-0.05, 0) is 16.0 Å². The smallest absolute Gasteiger partial charge is 0.219 e. The Balaban J connectivity index is 2.33. The van der Waals surface area contributed by atoms with Crippen LogP contribution in [-0.2, 0) is 12.5 Å². The third-order valence-corrected chi connectivity index (χ3v) is 2.34. The standard InChI is InChI=1S/C10H7F5N4/c11-9(12,10(13,14)15)8-16-17-18-19(8)6-7-4-2-1-3-5-7/h1-5H,6H2. The first-order valence-electron chi connectivity index (χ1n) is 5.07. The van der Waals surface area contributed by atoms with Crippen LogP contribution in [0.2, 0.25) is 0 Å². The van der Waals surface area contributed by atoms with Gasteiger partial charge >= 0.3 is 12.1 Å². The fourth-order valence-electron chi connectivity index (χ4n) is 1.42. The van der Waals surface area contributed by atoms with Crippen molar-refractivity contribution in [1.29, 1.82) is 0 Å². The summed E-state index contributed by atoms with van der Waals surface area (Å²) in [5.74, 6) is -6.62. The molecule has 19 heavy (non-hydrogen) atoms. The molecule has 0 aliphatic rings. The molecule has 1 aromatic heterocycles. The molecule has 1 heterocycles. The Bertz CT molecular complexity index is 549. The molecule has 1 aromatic carbocycles. The highest BCUT2D eigenvalue weighted by Crippen LogP contribution is 2.42. The van der Waals surface area contributed by atoms with Gasteiger partial charge in [0, 0.05) is 0 Å². The zero-order valence-electron chi connectivity index (χ0n) is 9.27. The number of hydrogen-bond donors (Lipinski definition) is 0. The Morgan fingerprint density at radius 3 is 2.21 bits per heavy atom. The van der Waals surface area contributed by atoms with Crippen LogP contribution in [0.15, 0.2) is 30.3 Å². The monoisotopic (exact) mass is 278 g/mol. The summed E-state index contributed by atoms with van der Waals surface area (Å²) in [4.78, 5) is 0. The normalized spacial score (nSPS) is 12.7. The van der Waals surface area contributed by atoms with Crippen LogP contribution in [-0.4, -0.2) is 26.4 Å². The largest absolute Gasteiger partial charge is 0.461 e. The second-order valence-electron chi connectivity index (χ2n) is 3.72. The van der Waals surface area contributed by atoms with Gasteiger partial charge in [0.05, 0.1) is 6.54 Å². The third-order valence-electron chi connectivity index (χ3n) is 2.34. The second kappa shape index (κ2) is 4.56. The van der Waals surface area contributed by atoms with E-state index in [0.717, 1.165) is 0 Å². The lowest BCUT2D eigenvalue weighted by atomic mass is 10.2. The average Bonchev–Trinajstić information content (AvgIpc) is 2.77. The van der Waals surface area contributed by atoms with Crippen LogP contribution < -0.4 is 0 Å². The van der Waals surface area contributed by atoms with E-state index in [-0.39, 0.29) is 6.54 Å². The lowest BCUT2D eigenvalue weighted by molar-refractivity contribution is -0.293. The molecule has 2 aromatic rings. The predicted molar refractivity (Wildman–Crippen MR) is 53.3 cm³/mol. The van der Waals surface area contributed by atoms with E-state index in [4.69, 9.17) is 0 Å². The van der Waals surface area contributed by atoms with Crippen molar-refractivity contribution in [1.82, 2.24) is 20.2 Å². The first-order valence-corrected chi connectivity index (χ1v) is 5.07. The van der Waals surface area contributed by atoms with E-state index in [0.29, 0.717) is 10.2 Å². The summed E-state index contributed by atoms with van der Waals surface area (Å²) in [5.41, 5.74) is 0.508. The van der Waals surface area contributed by atoms with Gasteiger partial charge in [0.25, 0.3) is 0 Å². The molecule has 0 saturated heterocycles. The maximum atomic E-state index is 13.2. The number of nitrogens with zero attached hydrogens (tertiary/aromatic N) is 4. The predicted octanol–water partition coefficient (Wildman–Crippen LogP) is 2.38. The molecule has 0 fully saturated rings. The number of hydrogen-bond acceptors (Lipinski definition) is 3. The van der Waals surface area contributed by atoms with Gasteiger partial charge in [0.1, 0.15) is 0 Å². The number of aromatic nitrogens is 4. The molecule has 0 saturated carbocycles. The SMILES string of the molecule is FC(F)(F)C(F)(F)c1nnnn1Cc1ccccc1. The lowest BCUT2D eigenvalue weighted by Crippen LogP contribution is -2.36. The second-order valence-corrected chi connectivity index (χ2v) is 3.72. The zero-order chi connectivity index (χ0) is 14.1. The van der Waals surface area contributed by atoms with Gasteiger partial charge in [0.2, 0.25) is 5.82 Å². The summed E-state index contributed by atoms with van der Waals surface area (Å²) in [6.45, 7) is -0.269. The van der Waals surface area contributed by atoms with Gasteiger partial charge < -0.3 is 0 Å². The molecule has 0 atom stereocenters. The fraction of sp³-hybridized carbons (Fsp3) is 0.300. The molecule has 0 amide bonds. The Hall–Kier alpha value is -2.06. The van der Waals surface area contributed by atoms with Crippen LogP contribution in [0.25, 0.3) is 0 Å². The molecular weight excluding hydrogens is 271 g/mol. The highest BCUT2D eigenvalue weighted by molar-refractivity contribution is 5.15. The molecule has 0 aliphatic heterocycles. The van der Waals surface area contributed by atoms with Crippen LogP contribution in [0.4, 0.5) is 22.0 Å². The Kier molecular flexibility index (Phi) is 3.21. The van der Waals surface area contributed by atoms with E-state index in [1.165, 1.54) is 0 Å². The Labute approximate surface area is 103 Å². The van der Waals surface area contributed by atoms with Crippen molar-refractivity contribution < 1.29 is 22.0 Å². The maximum Gasteiger partial charge on any atom is 0.461 e. The number of rotatable bonds is 3. The van der Waals surface area contributed by atoms with E-state index in [2.05, 4.69) is 15.5 Å². The van der Waals surface area contributed by atoms with Crippen molar-refractivity contribution in [2.24, 2.45) is 0 Å².